The normalized spacial score (nSPS) is 10.8. The Labute approximate surface area is 164 Å². The summed E-state index contributed by atoms with van der Waals surface area (Å²) in [6, 6.07) is 24.9. The van der Waals surface area contributed by atoms with Crippen LogP contribution < -0.4 is 0 Å². The average molecular weight is 384 g/mol. The SMILES string of the molecule is CCN(C(=O)c1ccc(Cl)c(Cl)c1)C(c1ccccc1)c1ccccc1. The van der Waals surface area contributed by atoms with Crippen LogP contribution >= 0.6 is 23.2 Å². The summed E-state index contributed by atoms with van der Waals surface area (Å²) in [5.41, 5.74) is 2.65. The zero-order chi connectivity index (χ0) is 18.5. The molecule has 0 aromatic heterocycles. The Morgan fingerprint density at radius 1 is 0.846 bits per heavy atom. The fraction of sp³-hybridized carbons (Fsp3) is 0.136. The second kappa shape index (κ2) is 8.39. The molecule has 3 aromatic rings. The third-order valence-corrected chi connectivity index (χ3v) is 5.05. The van der Waals surface area contributed by atoms with Crippen molar-refractivity contribution in [3.63, 3.8) is 0 Å². The summed E-state index contributed by atoms with van der Waals surface area (Å²) in [6.07, 6.45) is 0. The van der Waals surface area contributed by atoms with E-state index in [4.69, 9.17) is 23.2 Å². The van der Waals surface area contributed by atoms with Crippen molar-refractivity contribution in [1.29, 1.82) is 0 Å². The number of benzene rings is 3. The third kappa shape index (κ3) is 3.92. The van der Waals surface area contributed by atoms with E-state index in [0.717, 1.165) is 11.1 Å². The first-order chi connectivity index (χ1) is 12.6. The molecule has 2 nitrogen and oxygen atoms in total. The fourth-order valence-corrected chi connectivity index (χ4v) is 3.36. The summed E-state index contributed by atoms with van der Waals surface area (Å²) in [4.78, 5) is 15.1. The standard InChI is InChI=1S/C22H19Cl2NO/c1-2-25(22(26)18-13-14-19(23)20(24)15-18)21(16-9-5-3-6-10-16)17-11-7-4-8-12-17/h3-15,21H,2H2,1H3. The summed E-state index contributed by atoms with van der Waals surface area (Å²) in [5.74, 6) is -0.0798. The first-order valence-corrected chi connectivity index (χ1v) is 9.23. The summed E-state index contributed by atoms with van der Waals surface area (Å²) < 4.78 is 0. The minimum Gasteiger partial charge on any atom is -0.328 e. The summed E-state index contributed by atoms with van der Waals surface area (Å²) in [5, 5.41) is 0.818. The van der Waals surface area contributed by atoms with Gasteiger partial charge in [-0.1, -0.05) is 83.9 Å². The van der Waals surface area contributed by atoms with Crippen LogP contribution in [0.25, 0.3) is 0 Å². The van der Waals surface area contributed by atoms with E-state index in [-0.39, 0.29) is 11.9 Å². The molecular formula is C22H19Cl2NO. The summed E-state index contributed by atoms with van der Waals surface area (Å²) in [6.45, 7) is 2.54. The molecule has 1 amide bonds. The number of nitrogens with zero attached hydrogens (tertiary/aromatic N) is 1. The number of amides is 1. The van der Waals surface area contributed by atoms with Gasteiger partial charge >= 0.3 is 0 Å². The molecule has 0 saturated carbocycles. The molecule has 4 heteroatoms. The molecule has 0 fully saturated rings. The van der Waals surface area contributed by atoms with Gasteiger partial charge in [-0.15, -0.1) is 0 Å². The molecule has 0 saturated heterocycles. The number of carbonyl (C=O) groups is 1. The first kappa shape index (κ1) is 18.5. The fourth-order valence-electron chi connectivity index (χ4n) is 3.06. The highest BCUT2D eigenvalue weighted by Gasteiger charge is 2.26. The Morgan fingerprint density at radius 2 is 1.38 bits per heavy atom. The van der Waals surface area contributed by atoms with E-state index >= 15 is 0 Å². The van der Waals surface area contributed by atoms with Gasteiger partial charge < -0.3 is 4.90 Å². The van der Waals surface area contributed by atoms with Crippen molar-refractivity contribution in [1.82, 2.24) is 4.90 Å². The third-order valence-electron chi connectivity index (χ3n) is 4.31. The molecule has 3 aromatic carbocycles. The molecule has 0 radical (unpaired) electrons. The monoisotopic (exact) mass is 383 g/mol. The molecule has 132 valence electrons. The highest BCUT2D eigenvalue weighted by Crippen LogP contribution is 2.31. The van der Waals surface area contributed by atoms with Crippen LogP contribution in [0.3, 0.4) is 0 Å². The van der Waals surface area contributed by atoms with Gasteiger partial charge in [0.05, 0.1) is 16.1 Å². The van der Waals surface area contributed by atoms with Crippen LogP contribution in [0.5, 0.6) is 0 Å². The van der Waals surface area contributed by atoms with Gasteiger partial charge in [0.25, 0.3) is 5.91 Å². The van der Waals surface area contributed by atoms with Crippen molar-refractivity contribution in [2.45, 2.75) is 13.0 Å². The zero-order valence-electron chi connectivity index (χ0n) is 14.4. The van der Waals surface area contributed by atoms with E-state index in [9.17, 15) is 4.79 Å². The minimum absolute atomic E-state index is 0.0798. The lowest BCUT2D eigenvalue weighted by atomic mass is 9.96. The van der Waals surface area contributed by atoms with Crippen molar-refractivity contribution in [3.05, 3.63) is 106 Å². The smallest absolute Gasteiger partial charge is 0.254 e. The lowest BCUT2D eigenvalue weighted by Crippen LogP contribution is -2.35. The predicted molar refractivity (Wildman–Crippen MR) is 108 cm³/mol. The Kier molecular flexibility index (Phi) is 5.97. The summed E-state index contributed by atoms with van der Waals surface area (Å²) >= 11 is 12.1. The molecule has 0 N–H and O–H groups in total. The van der Waals surface area contributed by atoms with Gasteiger partial charge in [0.2, 0.25) is 0 Å². The van der Waals surface area contributed by atoms with Gasteiger partial charge in [-0.3, -0.25) is 4.79 Å². The largest absolute Gasteiger partial charge is 0.328 e. The number of rotatable bonds is 5. The van der Waals surface area contributed by atoms with E-state index in [2.05, 4.69) is 0 Å². The minimum atomic E-state index is -0.177. The topological polar surface area (TPSA) is 20.3 Å². The summed E-state index contributed by atoms with van der Waals surface area (Å²) in [7, 11) is 0. The molecule has 0 bridgehead atoms. The predicted octanol–water partition coefficient (Wildman–Crippen LogP) is 6.25. The molecular weight excluding hydrogens is 365 g/mol. The van der Waals surface area contributed by atoms with Gasteiger partial charge in [-0.2, -0.15) is 0 Å². The molecule has 0 atom stereocenters. The molecule has 0 aliphatic carbocycles. The van der Waals surface area contributed by atoms with Crippen LogP contribution in [0.15, 0.2) is 78.9 Å². The van der Waals surface area contributed by atoms with Crippen LogP contribution in [0.4, 0.5) is 0 Å². The van der Waals surface area contributed by atoms with E-state index < -0.39 is 0 Å². The van der Waals surface area contributed by atoms with Crippen molar-refractivity contribution >= 4 is 29.1 Å². The van der Waals surface area contributed by atoms with Crippen LogP contribution in [0, 0.1) is 0 Å². The van der Waals surface area contributed by atoms with Crippen LogP contribution in [-0.4, -0.2) is 17.4 Å². The molecule has 0 aliphatic rings. The highest BCUT2D eigenvalue weighted by atomic mass is 35.5. The molecule has 3 rings (SSSR count). The Bertz CT molecular complexity index is 842. The second-order valence-electron chi connectivity index (χ2n) is 5.94. The van der Waals surface area contributed by atoms with E-state index in [0.29, 0.717) is 22.2 Å². The quantitative estimate of drug-likeness (QED) is 0.510. The van der Waals surface area contributed by atoms with Gasteiger partial charge in [0.1, 0.15) is 0 Å². The molecule has 0 spiro atoms. The van der Waals surface area contributed by atoms with Gasteiger partial charge in [0.15, 0.2) is 0 Å². The first-order valence-electron chi connectivity index (χ1n) is 8.47. The number of hydrogen-bond acceptors (Lipinski definition) is 1. The Morgan fingerprint density at radius 3 is 1.85 bits per heavy atom. The Hall–Kier alpha value is -2.29. The second-order valence-corrected chi connectivity index (χ2v) is 6.76. The zero-order valence-corrected chi connectivity index (χ0v) is 15.9. The number of hydrogen-bond donors (Lipinski definition) is 0. The van der Waals surface area contributed by atoms with Gasteiger partial charge in [-0.05, 0) is 36.2 Å². The maximum absolute atomic E-state index is 13.3. The van der Waals surface area contributed by atoms with E-state index in [1.54, 1.807) is 18.2 Å². The number of halogens is 2. The molecule has 0 unspecified atom stereocenters. The van der Waals surface area contributed by atoms with Crippen molar-refractivity contribution in [2.75, 3.05) is 6.54 Å². The molecule has 26 heavy (non-hydrogen) atoms. The lowest BCUT2D eigenvalue weighted by Gasteiger charge is -2.32. The van der Waals surface area contributed by atoms with Crippen molar-refractivity contribution in [3.8, 4) is 0 Å². The van der Waals surface area contributed by atoms with Crippen molar-refractivity contribution < 1.29 is 4.79 Å². The van der Waals surface area contributed by atoms with E-state index in [1.165, 1.54) is 0 Å². The van der Waals surface area contributed by atoms with Crippen LogP contribution in [-0.2, 0) is 0 Å². The highest BCUT2D eigenvalue weighted by molar-refractivity contribution is 6.42. The van der Waals surface area contributed by atoms with Crippen LogP contribution in [0.2, 0.25) is 10.0 Å². The van der Waals surface area contributed by atoms with Crippen LogP contribution in [0.1, 0.15) is 34.5 Å². The average Bonchev–Trinajstić information content (AvgIpc) is 2.69. The maximum atomic E-state index is 13.3. The van der Waals surface area contributed by atoms with E-state index in [1.807, 2.05) is 72.5 Å². The van der Waals surface area contributed by atoms with Gasteiger partial charge in [0, 0.05) is 12.1 Å². The lowest BCUT2D eigenvalue weighted by molar-refractivity contribution is 0.0717. The molecule has 0 heterocycles. The van der Waals surface area contributed by atoms with Gasteiger partial charge in [-0.25, -0.2) is 0 Å². The van der Waals surface area contributed by atoms with Crippen molar-refractivity contribution in [2.24, 2.45) is 0 Å². The Balaban J connectivity index is 2.05. The number of carbonyl (C=O) groups excluding carboxylic acids is 1. The molecule has 0 aliphatic heterocycles. The maximum Gasteiger partial charge on any atom is 0.254 e.